The summed E-state index contributed by atoms with van der Waals surface area (Å²) in [5, 5.41) is 15.5. The average Bonchev–Trinajstić information content (AvgIpc) is 2.97. The molecule has 0 bridgehead atoms. The van der Waals surface area contributed by atoms with E-state index in [-0.39, 0.29) is 24.7 Å². The van der Waals surface area contributed by atoms with Gasteiger partial charge in [0.25, 0.3) is 0 Å². The van der Waals surface area contributed by atoms with E-state index < -0.39 is 17.8 Å². The highest BCUT2D eigenvalue weighted by molar-refractivity contribution is 5.96. The fourth-order valence-corrected chi connectivity index (χ4v) is 4.87. The van der Waals surface area contributed by atoms with E-state index in [4.69, 9.17) is 14.3 Å². The quantitative estimate of drug-likeness (QED) is 0.263. The third-order valence-corrected chi connectivity index (χ3v) is 6.97. The molecule has 1 saturated heterocycles. The molecule has 3 aromatic carbocycles. The zero-order valence-corrected chi connectivity index (χ0v) is 22.2. The fourth-order valence-electron chi connectivity index (χ4n) is 4.87. The van der Waals surface area contributed by atoms with Crippen LogP contribution in [-0.4, -0.2) is 63.2 Å². The maximum absolute atomic E-state index is 15.0. The summed E-state index contributed by atoms with van der Waals surface area (Å²) in [6.45, 7) is 0.980. The minimum absolute atomic E-state index is 0.00733. The molecule has 1 aliphatic rings. The number of nitrogens with one attached hydrogen (secondary N) is 3. The molecular weight excluding hydrogens is 501 g/mol. The second kappa shape index (κ2) is 14.2. The zero-order chi connectivity index (χ0) is 27.6. The Balaban J connectivity index is 1.57. The molecule has 1 fully saturated rings. The van der Waals surface area contributed by atoms with Gasteiger partial charge in [-0.2, -0.15) is 5.48 Å². The highest BCUT2D eigenvalue weighted by atomic mass is 19.1. The molecule has 4 rings (SSSR count). The number of rotatable bonds is 12. The molecule has 1 amide bonds. The Bertz CT molecular complexity index is 1190. The summed E-state index contributed by atoms with van der Waals surface area (Å²) < 4.78 is 26.1. The molecule has 1 aliphatic heterocycles. The van der Waals surface area contributed by atoms with E-state index in [1.165, 1.54) is 13.2 Å². The van der Waals surface area contributed by atoms with Crippen LogP contribution in [0, 0.1) is 5.82 Å². The van der Waals surface area contributed by atoms with Gasteiger partial charge in [-0.1, -0.05) is 48.5 Å². The number of anilines is 1. The van der Waals surface area contributed by atoms with Crippen LogP contribution < -0.4 is 20.9 Å². The van der Waals surface area contributed by atoms with E-state index in [1.807, 2.05) is 54.6 Å². The van der Waals surface area contributed by atoms with Crippen LogP contribution in [0.3, 0.4) is 0 Å². The lowest BCUT2D eigenvalue weighted by Crippen LogP contribution is -2.48. The van der Waals surface area contributed by atoms with Gasteiger partial charge in [-0.15, -0.1) is 0 Å². The highest BCUT2D eigenvalue weighted by Gasteiger charge is 2.32. The third-order valence-electron chi connectivity index (χ3n) is 6.97. The Morgan fingerprint density at radius 1 is 1.08 bits per heavy atom. The second-order valence-corrected chi connectivity index (χ2v) is 9.50. The van der Waals surface area contributed by atoms with Gasteiger partial charge in [0.1, 0.15) is 17.6 Å². The van der Waals surface area contributed by atoms with Crippen LogP contribution in [0.25, 0.3) is 0 Å². The van der Waals surface area contributed by atoms with Crippen molar-refractivity contribution in [2.24, 2.45) is 0 Å². The van der Waals surface area contributed by atoms with Crippen molar-refractivity contribution in [3.05, 3.63) is 95.3 Å². The molecule has 4 N–H and O–H groups in total. The van der Waals surface area contributed by atoms with Gasteiger partial charge in [0.15, 0.2) is 0 Å². The van der Waals surface area contributed by atoms with Gasteiger partial charge in [-0.05, 0) is 48.2 Å². The summed E-state index contributed by atoms with van der Waals surface area (Å²) >= 11 is 0. The Labute approximate surface area is 228 Å². The summed E-state index contributed by atoms with van der Waals surface area (Å²) in [7, 11) is 3.06. The number of hydrogen-bond donors (Lipinski definition) is 4. The number of aliphatic hydroxyl groups excluding tert-OH is 1. The van der Waals surface area contributed by atoms with Crippen molar-refractivity contribution in [2.45, 2.75) is 36.9 Å². The molecule has 8 nitrogen and oxygen atoms in total. The van der Waals surface area contributed by atoms with E-state index in [0.717, 1.165) is 11.1 Å². The van der Waals surface area contributed by atoms with Crippen molar-refractivity contribution in [3.63, 3.8) is 0 Å². The van der Waals surface area contributed by atoms with Crippen LogP contribution in [0.1, 0.15) is 29.0 Å². The number of carbonyl (C=O) groups is 1. The number of methoxy groups -OCH3 is 1. The summed E-state index contributed by atoms with van der Waals surface area (Å²) in [6, 6.07) is 21.0. The van der Waals surface area contributed by atoms with Crippen molar-refractivity contribution in [2.75, 3.05) is 39.3 Å². The summed E-state index contributed by atoms with van der Waals surface area (Å²) in [4.78, 5) is 19.1. The van der Waals surface area contributed by atoms with Crippen molar-refractivity contribution in [3.8, 4) is 5.75 Å². The molecule has 1 unspecified atom stereocenters. The van der Waals surface area contributed by atoms with E-state index in [0.29, 0.717) is 43.0 Å². The van der Waals surface area contributed by atoms with Gasteiger partial charge in [-0.25, -0.2) is 4.39 Å². The lowest BCUT2D eigenvalue weighted by molar-refractivity contribution is -0.122. The highest BCUT2D eigenvalue weighted by Crippen LogP contribution is 2.31. The summed E-state index contributed by atoms with van der Waals surface area (Å²) in [5.74, 6) is -0.458. The van der Waals surface area contributed by atoms with Crippen LogP contribution in [0.5, 0.6) is 5.75 Å². The molecule has 3 aromatic rings. The maximum atomic E-state index is 15.0. The Hall–Kier alpha value is -3.34. The number of hydrogen-bond acceptors (Lipinski definition) is 7. The Morgan fingerprint density at radius 2 is 1.82 bits per heavy atom. The topological polar surface area (TPSA) is 101 Å². The largest absolute Gasteiger partial charge is 0.497 e. The number of ether oxygens (including phenoxy) is 2. The molecule has 39 heavy (non-hydrogen) atoms. The number of amides is 1. The van der Waals surface area contributed by atoms with Crippen LogP contribution in [0.15, 0.2) is 72.8 Å². The van der Waals surface area contributed by atoms with Gasteiger partial charge in [0.2, 0.25) is 5.91 Å². The van der Waals surface area contributed by atoms with Gasteiger partial charge < -0.3 is 30.1 Å². The van der Waals surface area contributed by atoms with Crippen molar-refractivity contribution >= 4 is 11.6 Å². The first-order valence-corrected chi connectivity index (χ1v) is 13.1. The van der Waals surface area contributed by atoms with E-state index in [1.54, 1.807) is 19.2 Å². The summed E-state index contributed by atoms with van der Waals surface area (Å²) in [6.07, 6.45) is 0.825. The molecule has 0 aliphatic carbocycles. The van der Waals surface area contributed by atoms with E-state index in [9.17, 15) is 14.3 Å². The van der Waals surface area contributed by atoms with E-state index in [2.05, 4.69) is 16.1 Å². The van der Waals surface area contributed by atoms with Gasteiger partial charge in [0.05, 0.1) is 39.6 Å². The van der Waals surface area contributed by atoms with Crippen LogP contribution in [-0.2, 0) is 20.8 Å². The number of benzene rings is 3. The molecule has 0 saturated carbocycles. The zero-order valence-electron chi connectivity index (χ0n) is 22.2. The number of hydroxylamine groups is 1. The lowest BCUT2D eigenvalue weighted by Gasteiger charge is -2.30. The Kier molecular flexibility index (Phi) is 10.4. The molecule has 1 heterocycles. The standard InChI is InChI=1S/C30H36FN3O5/c1-37-23-13-11-21(12-14-23)28(20-7-4-3-5-8-20)29(34-38-2)30(36)33-27-10-6-9-26(31)25(27)16-15-24-17-32-22(18-35)19-39-24/h3-14,22,24,28-29,32,34-35H,15-19H2,1-2H3,(H,33,36)/t22-,24-,28-,29?/m1/s1. The van der Waals surface area contributed by atoms with Gasteiger partial charge >= 0.3 is 0 Å². The summed E-state index contributed by atoms with van der Waals surface area (Å²) in [5.41, 5.74) is 5.48. The van der Waals surface area contributed by atoms with Crippen LogP contribution in [0.2, 0.25) is 0 Å². The van der Waals surface area contributed by atoms with E-state index >= 15 is 0 Å². The van der Waals surface area contributed by atoms with Gasteiger partial charge in [0, 0.05) is 23.7 Å². The average molecular weight is 538 g/mol. The monoisotopic (exact) mass is 537 g/mol. The minimum atomic E-state index is -0.830. The first kappa shape index (κ1) is 28.7. The van der Waals surface area contributed by atoms with Crippen LogP contribution >= 0.6 is 0 Å². The number of aliphatic hydroxyl groups is 1. The van der Waals surface area contributed by atoms with Gasteiger partial charge in [-0.3, -0.25) is 4.79 Å². The predicted molar refractivity (Wildman–Crippen MR) is 147 cm³/mol. The maximum Gasteiger partial charge on any atom is 0.244 e. The first-order valence-electron chi connectivity index (χ1n) is 13.1. The molecular formula is C30H36FN3O5. The smallest absolute Gasteiger partial charge is 0.244 e. The molecule has 208 valence electrons. The third kappa shape index (κ3) is 7.40. The minimum Gasteiger partial charge on any atom is -0.497 e. The second-order valence-electron chi connectivity index (χ2n) is 9.50. The number of carbonyl (C=O) groups excluding carboxylic acids is 1. The molecule has 4 atom stereocenters. The lowest BCUT2D eigenvalue weighted by atomic mass is 9.84. The molecule has 9 heteroatoms. The normalized spacial score (nSPS) is 18.8. The Morgan fingerprint density at radius 3 is 2.46 bits per heavy atom. The first-order chi connectivity index (χ1) is 19.0. The SMILES string of the molecule is CONC(C(=O)Nc1cccc(F)c1CC[C@@H]1CN[C@H](CO)CO1)[C@H](c1ccccc1)c1ccc(OC)cc1. The fraction of sp³-hybridized carbons (Fsp3) is 0.367. The van der Waals surface area contributed by atoms with Crippen molar-refractivity contribution in [1.82, 2.24) is 10.8 Å². The molecule has 0 aromatic heterocycles. The van der Waals surface area contributed by atoms with Crippen LogP contribution in [0.4, 0.5) is 10.1 Å². The van der Waals surface area contributed by atoms with Crippen molar-refractivity contribution in [1.29, 1.82) is 0 Å². The molecule has 0 spiro atoms. The number of halogens is 1. The van der Waals surface area contributed by atoms with Crippen molar-refractivity contribution < 1.29 is 28.6 Å². The molecule has 0 radical (unpaired) electrons. The predicted octanol–water partition coefficient (Wildman–Crippen LogP) is 3.41. The number of morpholine rings is 1.